The zero-order valence-electron chi connectivity index (χ0n) is 13.7. The summed E-state index contributed by atoms with van der Waals surface area (Å²) in [7, 11) is 0. The van der Waals surface area contributed by atoms with E-state index < -0.39 is 0 Å². The second-order valence-corrected chi connectivity index (χ2v) is 5.85. The fraction of sp³-hybridized carbons (Fsp3) is 0.750. The molecule has 2 atom stereocenters. The van der Waals surface area contributed by atoms with Gasteiger partial charge in [0.05, 0.1) is 11.8 Å². The topological polar surface area (TPSA) is 64.4 Å². The third kappa shape index (κ3) is 2.59. The molecule has 0 radical (unpaired) electrons. The third-order valence-electron chi connectivity index (χ3n) is 5.04. The summed E-state index contributed by atoms with van der Waals surface area (Å²) in [5.74, 6) is 0.488. The van der Waals surface area contributed by atoms with E-state index in [2.05, 4.69) is 24.3 Å². The Morgan fingerprint density at radius 2 is 2.05 bits per heavy atom. The molecule has 0 unspecified atom stereocenters. The van der Waals surface area contributed by atoms with Gasteiger partial charge in [-0.3, -0.25) is 4.79 Å². The molecular formula is C16H26N2O3. The van der Waals surface area contributed by atoms with E-state index in [4.69, 9.17) is 9.26 Å². The van der Waals surface area contributed by atoms with E-state index in [1.807, 2.05) is 6.92 Å². The SMILES string of the molecule is CCO[C@@H]1C[C@@H](NC(=O)c2c(C)noc2C)C1(CC)CC. The second-order valence-electron chi connectivity index (χ2n) is 5.85. The number of hydrogen-bond donors (Lipinski definition) is 1. The molecular weight excluding hydrogens is 268 g/mol. The maximum atomic E-state index is 12.5. The number of amides is 1. The summed E-state index contributed by atoms with van der Waals surface area (Å²) < 4.78 is 10.9. The normalized spacial score (nSPS) is 23.7. The van der Waals surface area contributed by atoms with Crippen molar-refractivity contribution in [3.8, 4) is 0 Å². The zero-order valence-corrected chi connectivity index (χ0v) is 13.7. The summed E-state index contributed by atoms with van der Waals surface area (Å²) in [6.07, 6.45) is 3.12. The molecule has 0 spiro atoms. The first-order chi connectivity index (χ1) is 10.00. The van der Waals surface area contributed by atoms with Gasteiger partial charge in [-0.2, -0.15) is 0 Å². The lowest BCUT2D eigenvalue weighted by Crippen LogP contribution is -2.64. The molecule has 1 N–H and O–H groups in total. The van der Waals surface area contributed by atoms with E-state index in [9.17, 15) is 4.79 Å². The maximum absolute atomic E-state index is 12.5. The van der Waals surface area contributed by atoms with Crippen LogP contribution in [-0.4, -0.2) is 29.8 Å². The van der Waals surface area contributed by atoms with Crippen LogP contribution in [0.3, 0.4) is 0 Å². The molecule has 1 aliphatic carbocycles. The molecule has 1 aromatic heterocycles. The van der Waals surface area contributed by atoms with Gasteiger partial charge in [0.15, 0.2) is 0 Å². The molecule has 0 saturated heterocycles. The van der Waals surface area contributed by atoms with Crippen molar-refractivity contribution in [2.45, 2.75) is 66.0 Å². The predicted molar refractivity (Wildman–Crippen MR) is 80.3 cm³/mol. The van der Waals surface area contributed by atoms with E-state index >= 15 is 0 Å². The van der Waals surface area contributed by atoms with Gasteiger partial charge in [-0.25, -0.2) is 0 Å². The fourth-order valence-corrected chi connectivity index (χ4v) is 3.62. The number of aromatic nitrogens is 1. The van der Waals surface area contributed by atoms with Gasteiger partial charge in [0, 0.05) is 18.1 Å². The monoisotopic (exact) mass is 294 g/mol. The molecule has 0 aliphatic heterocycles. The van der Waals surface area contributed by atoms with E-state index in [-0.39, 0.29) is 23.5 Å². The average Bonchev–Trinajstić information content (AvgIpc) is 2.78. The van der Waals surface area contributed by atoms with Crippen LogP contribution in [0.4, 0.5) is 0 Å². The smallest absolute Gasteiger partial charge is 0.257 e. The van der Waals surface area contributed by atoms with Crippen LogP contribution in [0.5, 0.6) is 0 Å². The Morgan fingerprint density at radius 3 is 2.52 bits per heavy atom. The van der Waals surface area contributed by atoms with Crippen molar-refractivity contribution in [2.75, 3.05) is 6.61 Å². The maximum Gasteiger partial charge on any atom is 0.257 e. The van der Waals surface area contributed by atoms with Gasteiger partial charge < -0.3 is 14.6 Å². The first-order valence-corrected chi connectivity index (χ1v) is 7.85. The largest absolute Gasteiger partial charge is 0.378 e. The number of carbonyl (C=O) groups is 1. The van der Waals surface area contributed by atoms with Crippen LogP contribution in [0.1, 0.15) is 61.8 Å². The Morgan fingerprint density at radius 1 is 1.38 bits per heavy atom. The first-order valence-electron chi connectivity index (χ1n) is 7.85. The summed E-state index contributed by atoms with van der Waals surface area (Å²) in [5, 5.41) is 7.01. The molecule has 2 rings (SSSR count). The Kier molecular flexibility index (Phi) is 4.71. The Hall–Kier alpha value is -1.36. The molecule has 0 aromatic carbocycles. The van der Waals surface area contributed by atoms with Gasteiger partial charge in [0.25, 0.3) is 5.91 Å². The van der Waals surface area contributed by atoms with Gasteiger partial charge in [-0.1, -0.05) is 19.0 Å². The highest BCUT2D eigenvalue weighted by Crippen LogP contribution is 2.49. The summed E-state index contributed by atoms with van der Waals surface area (Å²) in [4.78, 5) is 12.5. The third-order valence-corrected chi connectivity index (χ3v) is 5.04. The molecule has 21 heavy (non-hydrogen) atoms. The molecule has 118 valence electrons. The molecule has 1 aliphatic rings. The van der Waals surface area contributed by atoms with Gasteiger partial charge >= 0.3 is 0 Å². The summed E-state index contributed by atoms with van der Waals surface area (Å²) in [6.45, 7) is 10.6. The highest BCUT2D eigenvalue weighted by atomic mass is 16.5. The number of aryl methyl sites for hydroxylation is 2. The van der Waals surface area contributed by atoms with Crippen LogP contribution in [0.2, 0.25) is 0 Å². The van der Waals surface area contributed by atoms with Crippen molar-refractivity contribution in [1.29, 1.82) is 0 Å². The van der Waals surface area contributed by atoms with E-state index in [0.29, 0.717) is 17.0 Å². The van der Waals surface area contributed by atoms with Crippen LogP contribution in [0.15, 0.2) is 4.52 Å². The molecule has 5 heteroatoms. The van der Waals surface area contributed by atoms with Crippen LogP contribution < -0.4 is 5.32 Å². The minimum absolute atomic E-state index is 0.0463. The average molecular weight is 294 g/mol. The van der Waals surface area contributed by atoms with E-state index in [1.165, 1.54) is 0 Å². The van der Waals surface area contributed by atoms with Crippen LogP contribution in [-0.2, 0) is 4.74 Å². The molecule has 1 heterocycles. The van der Waals surface area contributed by atoms with Crippen molar-refractivity contribution in [1.82, 2.24) is 10.5 Å². The number of nitrogens with zero attached hydrogens (tertiary/aromatic N) is 1. The van der Waals surface area contributed by atoms with Crippen LogP contribution in [0, 0.1) is 19.3 Å². The number of ether oxygens (including phenoxy) is 1. The Bertz CT molecular complexity index is 486. The van der Waals surface area contributed by atoms with Crippen LogP contribution in [0.25, 0.3) is 0 Å². The Balaban J connectivity index is 2.11. The lowest BCUT2D eigenvalue weighted by atomic mass is 9.58. The lowest BCUT2D eigenvalue weighted by molar-refractivity contribution is -0.134. The van der Waals surface area contributed by atoms with E-state index in [1.54, 1.807) is 13.8 Å². The number of rotatable bonds is 6. The van der Waals surface area contributed by atoms with Gasteiger partial charge in [0.2, 0.25) is 0 Å². The number of carbonyl (C=O) groups excluding carboxylic acids is 1. The molecule has 1 saturated carbocycles. The summed E-state index contributed by atoms with van der Waals surface area (Å²) in [6, 6.07) is 0.158. The lowest BCUT2D eigenvalue weighted by Gasteiger charge is -2.55. The highest BCUT2D eigenvalue weighted by molar-refractivity contribution is 5.96. The second kappa shape index (κ2) is 6.18. The molecule has 1 amide bonds. The summed E-state index contributed by atoms with van der Waals surface area (Å²) in [5.41, 5.74) is 1.25. The summed E-state index contributed by atoms with van der Waals surface area (Å²) >= 11 is 0. The van der Waals surface area contributed by atoms with Gasteiger partial charge in [-0.05, 0) is 40.0 Å². The Labute approximate surface area is 126 Å². The quantitative estimate of drug-likeness (QED) is 0.876. The minimum atomic E-state index is -0.0857. The van der Waals surface area contributed by atoms with Crippen molar-refractivity contribution < 1.29 is 14.1 Å². The molecule has 1 fully saturated rings. The first kappa shape index (κ1) is 16.0. The van der Waals surface area contributed by atoms with Crippen molar-refractivity contribution in [3.63, 3.8) is 0 Å². The van der Waals surface area contributed by atoms with Gasteiger partial charge in [0.1, 0.15) is 11.3 Å². The number of hydrogen-bond acceptors (Lipinski definition) is 4. The molecule has 0 bridgehead atoms. The minimum Gasteiger partial charge on any atom is -0.378 e. The standard InChI is InChI=1S/C16H26N2O3/c1-6-16(7-2)12(9-13(16)20-8-3)17-15(19)14-10(4)18-21-11(14)5/h12-13H,6-9H2,1-5H3,(H,17,19)/t12-,13-/m1/s1. The fourth-order valence-electron chi connectivity index (χ4n) is 3.62. The number of nitrogens with one attached hydrogen (secondary N) is 1. The van der Waals surface area contributed by atoms with E-state index in [0.717, 1.165) is 25.9 Å². The van der Waals surface area contributed by atoms with Gasteiger partial charge in [-0.15, -0.1) is 0 Å². The highest BCUT2D eigenvalue weighted by Gasteiger charge is 2.54. The predicted octanol–water partition coefficient (Wildman–Crippen LogP) is 3.01. The van der Waals surface area contributed by atoms with Crippen molar-refractivity contribution in [2.24, 2.45) is 5.41 Å². The van der Waals surface area contributed by atoms with Crippen molar-refractivity contribution >= 4 is 5.91 Å². The molecule has 1 aromatic rings. The molecule has 5 nitrogen and oxygen atoms in total. The van der Waals surface area contributed by atoms with Crippen molar-refractivity contribution in [3.05, 3.63) is 17.0 Å². The zero-order chi connectivity index (χ0) is 15.6. The van der Waals surface area contributed by atoms with Crippen LogP contribution >= 0.6 is 0 Å².